The van der Waals surface area contributed by atoms with Crippen LogP contribution in [-0.4, -0.2) is 54.8 Å². The van der Waals surface area contributed by atoms with Crippen molar-refractivity contribution >= 4 is 27.8 Å². The number of halogens is 1. The topological polar surface area (TPSA) is 76.1 Å². The number of phenols is 1. The molecule has 1 saturated heterocycles. The molecule has 0 aromatic heterocycles. The van der Waals surface area contributed by atoms with Crippen LogP contribution in [0.25, 0.3) is 0 Å². The van der Waals surface area contributed by atoms with Gasteiger partial charge in [0.2, 0.25) is 0 Å². The summed E-state index contributed by atoms with van der Waals surface area (Å²) in [6.07, 6.45) is -0.782. The smallest absolute Gasteiger partial charge is 0.336 e. The lowest BCUT2D eigenvalue weighted by atomic mass is 10.1. The fourth-order valence-electron chi connectivity index (χ4n) is 1.96. The van der Waals surface area contributed by atoms with Gasteiger partial charge in [0.1, 0.15) is 5.75 Å². The summed E-state index contributed by atoms with van der Waals surface area (Å²) < 4.78 is 10.5. The van der Waals surface area contributed by atoms with Gasteiger partial charge >= 0.3 is 5.97 Å². The highest BCUT2D eigenvalue weighted by atomic mass is 79.9. The molecule has 1 aliphatic rings. The Kier molecular flexibility index (Phi) is 4.61. The van der Waals surface area contributed by atoms with Crippen LogP contribution in [0.2, 0.25) is 0 Å². The van der Waals surface area contributed by atoms with Crippen molar-refractivity contribution in [2.45, 2.75) is 6.10 Å². The third-order valence-electron chi connectivity index (χ3n) is 3.01. The molecule has 1 heterocycles. The fraction of sp³-hybridized carbons (Fsp3) is 0.385. The van der Waals surface area contributed by atoms with E-state index in [4.69, 9.17) is 4.74 Å². The molecule has 0 radical (unpaired) electrons. The Labute approximate surface area is 124 Å². The van der Waals surface area contributed by atoms with Crippen molar-refractivity contribution in [2.75, 3.05) is 26.8 Å². The van der Waals surface area contributed by atoms with Gasteiger partial charge in [-0.05, 0) is 18.2 Å². The molecule has 108 valence electrons. The minimum absolute atomic E-state index is 0.106. The number of amides is 1. The van der Waals surface area contributed by atoms with Crippen LogP contribution >= 0.6 is 15.9 Å². The second kappa shape index (κ2) is 6.23. The molecule has 1 atom stereocenters. The first-order valence-electron chi connectivity index (χ1n) is 6.00. The van der Waals surface area contributed by atoms with Gasteiger partial charge in [-0.15, -0.1) is 0 Å². The summed E-state index contributed by atoms with van der Waals surface area (Å²) in [6.45, 7) is 0.728. The van der Waals surface area contributed by atoms with E-state index in [0.717, 1.165) is 0 Å². The van der Waals surface area contributed by atoms with E-state index >= 15 is 0 Å². The number of rotatable bonds is 2. The van der Waals surface area contributed by atoms with E-state index in [1.807, 2.05) is 0 Å². The lowest BCUT2D eigenvalue weighted by Crippen LogP contribution is -2.48. The normalized spacial score (nSPS) is 18.7. The molecule has 7 heteroatoms. The first kappa shape index (κ1) is 14.8. The molecule has 6 nitrogen and oxygen atoms in total. The molecule has 20 heavy (non-hydrogen) atoms. The Morgan fingerprint density at radius 1 is 1.50 bits per heavy atom. The Hall–Kier alpha value is -1.60. The maximum absolute atomic E-state index is 12.3. The van der Waals surface area contributed by atoms with Gasteiger partial charge in [0.05, 0.1) is 25.8 Å². The van der Waals surface area contributed by atoms with Crippen molar-refractivity contribution in [3.63, 3.8) is 0 Å². The second-order valence-electron chi connectivity index (χ2n) is 4.30. The number of nitrogens with zero attached hydrogens (tertiary/aromatic N) is 1. The molecule has 1 aromatic rings. The number of methoxy groups -OCH3 is 1. The van der Waals surface area contributed by atoms with Gasteiger partial charge in [-0.3, -0.25) is 4.79 Å². The van der Waals surface area contributed by atoms with Crippen molar-refractivity contribution in [3.05, 3.63) is 28.2 Å². The van der Waals surface area contributed by atoms with Gasteiger partial charge in [0.15, 0.2) is 6.10 Å². The summed E-state index contributed by atoms with van der Waals surface area (Å²) in [6, 6.07) is 4.65. The summed E-state index contributed by atoms with van der Waals surface area (Å²) in [4.78, 5) is 25.2. The van der Waals surface area contributed by atoms with E-state index in [0.29, 0.717) is 11.0 Å². The van der Waals surface area contributed by atoms with Gasteiger partial charge in [-0.2, -0.15) is 0 Å². The molecule has 0 saturated carbocycles. The largest absolute Gasteiger partial charge is 0.507 e. The SMILES string of the molecule is COC(=O)C1CN(C(=O)c2ccc(Br)cc2O)CCO1. The number of carbonyl (C=O) groups is 2. The van der Waals surface area contributed by atoms with Crippen molar-refractivity contribution in [1.29, 1.82) is 0 Å². The zero-order valence-electron chi connectivity index (χ0n) is 10.8. The standard InChI is InChI=1S/C13H14BrNO5/c1-19-13(18)11-7-15(4-5-20-11)12(17)9-3-2-8(14)6-10(9)16/h2-3,6,11,16H,4-5,7H2,1H3. The van der Waals surface area contributed by atoms with Crippen LogP contribution < -0.4 is 0 Å². The molecule has 1 amide bonds. The molecule has 1 aliphatic heterocycles. The van der Waals surface area contributed by atoms with Crippen LogP contribution in [0, 0.1) is 0 Å². The minimum atomic E-state index is -0.782. The minimum Gasteiger partial charge on any atom is -0.507 e. The monoisotopic (exact) mass is 343 g/mol. The molecule has 1 N–H and O–H groups in total. The summed E-state index contributed by atoms with van der Waals surface area (Å²) in [5.74, 6) is -0.958. The number of hydrogen-bond donors (Lipinski definition) is 1. The average molecular weight is 344 g/mol. The maximum Gasteiger partial charge on any atom is 0.336 e. The quantitative estimate of drug-likeness (QED) is 0.815. The van der Waals surface area contributed by atoms with Gasteiger partial charge in [0, 0.05) is 11.0 Å². The number of phenolic OH excluding ortho intramolecular Hbond substituents is 1. The van der Waals surface area contributed by atoms with Crippen LogP contribution in [0.5, 0.6) is 5.75 Å². The maximum atomic E-state index is 12.3. The average Bonchev–Trinajstić information content (AvgIpc) is 2.46. The number of morpholine rings is 1. The Balaban J connectivity index is 2.14. The van der Waals surface area contributed by atoms with Crippen molar-refractivity contribution in [3.8, 4) is 5.75 Å². The summed E-state index contributed by atoms with van der Waals surface area (Å²) in [7, 11) is 1.27. The molecular formula is C13H14BrNO5. The predicted octanol–water partition coefficient (Wildman–Crippen LogP) is 1.17. The highest BCUT2D eigenvalue weighted by Gasteiger charge is 2.31. The third kappa shape index (κ3) is 3.10. The number of ether oxygens (including phenoxy) is 2. The van der Waals surface area contributed by atoms with E-state index in [1.54, 1.807) is 6.07 Å². The van der Waals surface area contributed by atoms with E-state index in [2.05, 4.69) is 20.7 Å². The van der Waals surface area contributed by atoms with Gasteiger partial charge in [-0.25, -0.2) is 4.79 Å². The van der Waals surface area contributed by atoms with E-state index < -0.39 is 12.1 Å². The number of esters is 1. The molecule has 1 unspecified atom stereocenters. The number of aromatic hydroxyl groups is 1. The van der Waals surface area contributed by atoms with Crippen molar-refractivity contribution in [2.24, 2.45) is 0 Å². The van der Waals surface area contributed by atoms with Crippen molar-refractivity contribution < 1.29 is 24.2 Å². The summed E-state index contributed by atoms with van der Waals surface area (Å²) in [5, 5.41) is 9.81. The molecular weight excluding hydrogens is 330 g/mol. The summed E-state index contributed by atoms with van der Waals surface area (Å²) in [5.41, 5.74) is 0.193. The molecule has 1 aromatic carbocycles. The molecule has 0 spiro atoms. The highest BCUT2D eigenvalue weighted by molar-refractivity contribution is 9.10. The van der Waals surface area contributed by atoms with E-state index in [1.165, 1.54) is 24.1 Å². The van der Waals surface area contributed by atoms with Gasteiger partial charge in [0.25, 0.3) is 5.91 Å². The number of carbonyl (C=O) groups excluding carboxylic acids is 2. The molecule has 1 fully saturated rings. The van der Waals surface area contributed by atoms with Gasteiger partial charge in [-0.1, -0.05) is 15.9 Å². The fourth-order valence-corrected chi connectivity index (χ4v) is 2.31. The van der Waals surface area contributed by atoms with E-state index in [-0.39, 0.29) is 30.4 Å². The van der Waals surface area contributed by atoms with Crippen LogP contribution in [0.1, 0.15) is 10.4 Å². The van der Waals surface area contributed by atoms with Crippen LogP contribution in [-0.2, 0) is 14.3 Å². The van der Waals surface area contributed by atoms with Crippen LogP contribution in [0.4, 0.5) is 0 Å². The van der Waals surface area contributed by atoms with Crippen LogP contribution in [0.15, 0.2) is 22.7 Å². The Bertz CT molecular complexity index is 533. The van der Waals surface area contributed by atoms with Crippen LogP contribution in [0.3, 0.4) is 0 Å². The molecule has 0 aliphatic carbocycles. The highest BCUT2D eigenvalue weighted by Crippen LogP contribution is 2.24. The molecule has 2 rings (SSSR count). The second-order valence-corrected chi connectivity index (χ2v) is 5.21. The first-order chi connectivity index (χ1) is 9.52. The Morgan fingerprint density at radius 2 is 2.25 bits per heavy atom. The lowest BCUT2D eigenvalue weighted by molar-refractivity contribution is -0.158. The van der Waals surface area contributed by atoms with E-state index in [9.17, 15) is 14.7 Å². The Morgan fingerprint density at radius 3 is 2.90 bits per heavy atom. The first-order valence-corrected chi connectivity index (χ1v) is 6.79. The number of hydrogen-bond acceptors (Lipinski definition) is 5. The third-order valence-corrected chi connectivity index (χ3v) is 3.50. The van der Waals surface area contributed by atoms with Gasteiger partial charge < -0.3 is 19.5 Å². The lowest BCUT2D eigenvalue weighted by Gasteiger charge is -2.31. The van der Waals surface area contributed by atoms with Crippen molar-refractivity contribution in [1.82, 2.24) is 4.90 Å². The zero-order chi connectivity index (χ0) is 14.7. The number of benzene rings is 1. The summed E-state index contributed by atoms with van der Waals surface area (Å²) >= 11 is 3.21. The zero-order valence-corrected chi connectivity index (χ0v) is 12.4. The predicted molar refractivity (Wildman–Crippen MR) is 73.5 cm³/mol. The molecule has 0 bridgehead atoms.